The maximum absolute atomic E-state index is 12.3. The van der Waals surface area contributed by atoms with Gasteiger partial charge in [-0.15, -0.1) is 10.2 Å². The van der Waals surface area contributed by atoms with E-state index in [9.17, 15) is 15.0 Å². The molecule has 0 atom stereocenters. The SMILES string of the molecule is Cc1ccc(-c2nnc(SCC(=O)NN=Cc3ccc(O)cc3O)n2-c2ccc(C)cc2)cc1. The van der Waals surface area contributed by atoms with Crippen molar-refractivity contribution in [3.63, 3.8) is 0 Å². The fourth-order valence-corrected chi connectivity index (χ4v) is 3.90. The highest BCUT2D eigenvalue weighted by Gasteiger charge is 2.17. The summed E-state index contributed by atoms with van der Waals surface area (Å²) >= 11 is 1.25. The second-order valence-electron chi connectivity index (χ2n) is 7.67. The molecule has 9 heteroatoms. The number of phenols is 2. The molecule has 1 amide bonds. The quantitative estimate of drug-likeness (QED) is 0.211. The first-order valence-corrected chi connectivity index (χ1v) is 11.5. The Morgan fingerprint density at radius 2 is 1.68 bits per heavy atom. The molecule has 0 aliphatic rings. The van der Waals surface area contributed by atoms with Gasteiger partial charge in [-0.3, -0.25) is 9.36 Å². The number of phenolic OH excluding ortho intramolecular Hbond substituents is 2. The number of amides is 1. The summed E-state index contributed by atoms with van der Waals surface area (Å²) < 4.78 is 1.93. The topological polar surface area (TPSA) is 113 Å². The van der Waals surface area contributed by atoms with Gasteiger partial charge in [0.25, 0.3) is 5.91 Å². The van der Waals surface area contributed by atoms with E-state index in [2.05, 4.69) is 20.7 Å². The summed E-state index contributed by atoms with van der Waals surface area (Å²) in [6.07, 6.45) is 1.31. The Balaban J connectivity index is 1.51. The van der Waals surface area contributed by atoms with Crippen LogP contribution in [0.1, 0.15) is 16.7 Å². The highest BCUT2D eigenvalue weighted by atomic mass is 32.2. The van der Waals surface area contributed by atoms with Gasteiger partial charge in [0, 0.05) is 22.9 Å². The van der Waals surface area contributed by atoms with Gasteiger partial charge in [0.05, 0.1) is 12.0 Å². The Bertz CT molecular complexity index is 1330. The molecule has 1 aromatic heterocycles. The number of hydrazone groups is 1. The van der Waals surface area contributed by atoms with Crippen LogP contribution >= 0.6 is 11.8 Å². The van der Waals surface area contributed by atoms with Crippen LogP contribution in [0, 0.1) is 13.8 Å². The van der Waals surface area contributed by atoms with Crippen LogP contribution in [0.25, 0.3) is 17.1 Å². The van der Waals surface area contributed by atoms with Gasteiger partial charge < -0.3 is 10.2 Å². The van der Waals surface area contributed by atoms with Crippen molar-refractivity contribution in [2.75, 3.05) is 5.75 Å². The fourth-order valence-electron chi connectivity index (χ4n) is 3.16. The van der Waals surface area contributed by atoms with Gasteiger partial charge in [-0.25, -0.2) is 5.43 Å². The minimum absolute atomic E-state index is 0.0576. The number of thioether (sulfide) groups is 1. The lowest BCUT2D eigenvalue weighted by atomic mass is 10.1. The number of hydrogen-bond donors (Lipinski definition) is 3. The van der Waals surface area contributed by atoms with E-state index in [1.807, 2.05) is 66.9 Å². The van der Waals surface area contributed by atoms with Gasteiger partial charge in [0.15, 0.2) is 11.0 Å². The number of rotatable bonds is 7. The van der Waals surface area contributed by atoms with Crippen LogP contribution in [0.3, 0.4) is 0 Å². The molecule has 34 heavy (non-hydrogen) atoms. The third-order valence-electron chi connectivity index (χ3n) is 4.97. The van der Waals surface area contributed by atoms with E-state index in [1.165, 1.54) is 36.2 Å². The van der Waals surface area contributed by atoms with Crippen molar-refractivity contribution in [3.05, 3.63) is 83.4 Å². The zero-order chi connectivity index (χ0) is 24.1. The summed E-state index contributed by atoms with van der Waals surface area (Å²) in [6.45, 7) is 4.05. The highest BCUT2D eigenvalue weighted by Crippen LogP contribution is 2.28. The number of aromatic nitrogens is 3. The number of carbonyl (C=O) groups is 1. The second kappa shape index (κ2) is 10.2. The predicted molar refractivity (Wildman–Crippen MR) is 133 cm³/mol. The van der Waals surface area contributed by atoms with Crippen molar-refractivity contribution < 1.29 is 15.0 Å². The summed E-state index contributed by atoms with van der Waals surface area (Å²) in [5.41, 5.74) is 6.91. The molecule has 3 N–H and O–H groups in total. The molecular weight excluding hydrogens is 450 g/mol. The molecule has 0 saturated carbocycles. The minimum Gasteiger partial charge on any atom is -0.508 e. The first-order chi connectivity index (χ1) is 16.4. The first-order valence-electron chi connectivity index (χ1n) is 10.5. The Hall–Kier alpha value is -4.11. The van der Waals surface area contributed by atoms with E-state index in [0.29, 0.717) is 16.5 Å². The molecule has 172 valence electrons. The van der Waals surface area contributed by atoms with Crippen LogP contribution in [0.5, 0.6) is 11.5 Å². The van der Waals surface area contributed by atoms with Crippen LogP contribution in [-0.4, -0.2) is 42.9 Å². The van der Waals surface area contributed by atoms with Gasteiger partial charge in [-0.1, -0.05) is 59.3 Å². The molecule has 0 spiro atoms. The van der Waals surface area contributed by atoms with Crippen molar-refractivity contribution in [1.82, 2.24) is 20.2 Å². The Morgan fingerprint density at radius 1 is 1.00 bits per heavy atom. The maximum atomic E-state index is 12.3. The number of nitrogens with zero attached hydrogens (tertiary/aromatic N) is 4. The minimum atomic E-state index is -0.338. The van der Waals surface area contributed by atoms with Gasteiger partial charge >= 0.3 is 0 Å². The van der Waals surface area contributed by atoms with Crippen LogP contribution in [0.15, 0.2) is 77.0 Å². The fraction of sp³-hybridized carbons (Fsp3) is 0.120. The third kappa shape index (κ3) is 5.44. The summed E-state index contributed by atoms with van der Waals surface area (Å²) in [7, 11) is 0. The molecule has 0 saturated heterocycles. The molecule has 0 unspecified atom stereocenters. The molecule has 0 radical (unpaired) electrons. The first kappa shape index (κ1) is 23.1. The molecule has 4 aromatic rings. The Kier molecular flexibility index (Phi) is 6.93. The van der Waals surface area contributed by atoms with Crippen molar-refractivity contribution >= 4 is 23.9 Å². The number of hydrogen-bond acceptors (Lipinski definition) is 7. The van der Waals surface area contributed by atoms with Gasteiger partial charge in [-0.05, 0) is 38.1 Å². The van der Waals surface area contributed by atoms with Gasteiger partial charge in [0.2, 0.25) is 0 Å². The average molecular weight is 474 g/mol. The van der Waals surface area contributed by atoms with Crippen LogP contribution in [0.2, 0.25) is 0 Å². The molecular formula is C25H23N5O3S. The van der Waals surface area contributed by atoms with E-state index in [0.717, 1.165) is 22.4 Å². The molecule has 0 fully saturated rings. The normalized spacial score (nSPS) is 11.1. The van der Waals surface area contributed by atoms with Crippen molar-refractivity contribution in [2.45, 2.75) is 19.0 Å². The number of carbonyl (C=O) groups excluding carboxylic acids is 1. The average Bonchev–Trinajstić information content (AvgIpc) is 3.24. The van der Waals surface area contributed by atoms with Gasteiger partial charge in [0.1, 0.15) is 11.5 Å². The lowest BCUT2D eigenvalue weighted by Crippen LogP contribution is -2.20. The standard InChI is InChI=1S/C25H23N5O3S/c1-16-3-7-18(8-4-16)24-28-29-25(30(24)20-10-5-17(2)6-11-20)34-15-23(33)27-26-14-19-9-12-21(31)13-22(19)32/h3-14,31-32H,15H2,1-2H3,(H,27,33). The van der Waals surface area contributed by atoms with Crippen LogP contribution < -0.4 is 5.43 Å². The van der Waals surface area contributed by atoms with Gasteiger partial charge in [-0.2, -0.15) is 5.10 Å². The largest absolute Gasteiger partial charge is 0.508 e. The third-order valence-corrected chi connectivity index (χ3v) is 5.90. The second-order valence-corrected chi connectivity index (χ2v) is 8.61. The number of nitrogens with one attached hydrogen (secondary N) is 1. The van der Waals surface area contributed by atoms with Crippen molar-refractivity contribution in [2.24, 2.45) is 5.10 Å². The smallest absolute Gasteiger partial charge is 0.250 e. The highest BCUT2D eigenvalue weighted by molar-refractivity contribution is 7.99. The molecule has 8 nitrogen and oxygen atoms in total. The van der Waals surface area contributed by atoms with E-state index < -0.39 is 0 Å². The molecule has 3 aromatic carbocycles. The number of benzene rings is 3. The lowest BCUT2D eigenvalue weighted by Gasteiger charge is -2.11. The maximum Gasteiger partial charge on any atom is 0.250 e. The molecule has 0 aliphatic carbocycles. The summed E-state index contributed by atoms with van der Waals surface area (Å²) in [5, 5.41) is 32.3. The van der Waals surface area contributed by atoms with E-state index in [1.54, 1.807) is 0 Å². The van der Waals surface area contributed by atoms with Crippen molar-refractivity contribution in [1.29, 1.82) is 0 Å². The molecule has 1 heterocycles. The Labute approximate surface area is 201 Å². The zero-order valence-electron chi connectivity index (χ0n) is 18.6. The lowest BCUT2D eigenvalue weighted by molar-refractivity contribution is -0.118. The molecule has 0 bridgehead atoms. The summed E-state index contributed by atoms with van der Waals surface area (Å²) in [4.78, 5) is 12.3. The van der Waals surface area contributed by atoms with E-state index >= 15 is 0 Å². The van der Waals surface area contributed by atoms with Crippen LogP contribution in [0.4, 0.5) is 0 Å². The number of aromatic hydroxyl groups is 2. The number of aryl methyl sites for hydroxylation is 2. The Morgan fingerprint density at radius 3 is 2.35 bits per heavy atom. The van der Waals surface area contributed by atoms with E-state index in [4.69, 9.17) is 0 Å². The molecule has 4 rings (SSSR count). The summed E-state index contributed by atoms with van der Waals surface area (Å²) in [6, 6.07) is 20.2. The predicted octanol–water partition coefficient (Wildman–Crippen LogP) is 4.20. The van der Waals surface area contributed by atoms with E-state index in [-0.39, 0.29) is 23.2 Å². The van der Waals surface area contributed by atoms with Crippen molar-refractivity contribution in [3.8, 4) is 28.6 Å². The monoisotopic (exact) mass is 473 g/mol. The summed E-state index contributed by atoms with van der Waals surface area (Å²) in [5.74, 6) is 0.221. The molecule has 0 aliphatic heterocycles. The van der Waals surface area contributed by atoms with Crippen LogP contribution in [-0.2, 0) is 4.79 Å². The zero-order valence-corrected chi connectivity index (χ0v) is 19.5.